The Kier molecular flexibility index (Phi) is 6.02. The minimum Gasteiger partial charge on any atom is -0.496 e. The molecule has 2 amide bonds. The first kappa shape index (κ1) is 21.0. The van der Waals surface area contributed by atoms with Crippen molar-refractivity contribution >= 4 is 11.8 Å². The van der Waals surface area contributed by atoms with Crippen LogP contribution in [0.5, 0.6) is 17.2 Å². The fourth-order valence-corrected chi connectivity index (χ4v) is 4.27. The smallest absolute Gasteiger partial charge is 0.231 e. The van der Waals surface area contributed by atoms with Crippen LogP contribution >= 0.6 is 0 Å². The number of ether oxygens (including phenoxy) is 3. The number of carbonyl (C=O) groups excluding carboxylic acids is 2. The van der Waals surface area contributed by atoms with Crippen LogP contribution in [0.4, 0.5) is 0 Å². The van der Waals surface area contributed by atoms with Crippen molar-refractivity contribution in [1.29, 1.82) is 0 Å². The van der Waals surface area contributed by atoms with Crippen LogP contribution in [0.15, 0.2) is 42.5 Å². The van der Waals surface area contributed by atoms with E-state index in [0.717, 1.165) is 16.9 Å². The normalized spacial score (nSPS) is 19.5. The maximum Gasteiger partial charge on any atom is 0.231 e. The van der Waals surface area contributed by atoms with Gasteiger partial charge in [-0.05, 0) is 29.3 Å². The fraction of sp³-hybridized carbons (Fsp3) is 0.417. The molecule has 2 aliphatic rings. The van der Waals surface area contributed by atoms with Crippen LogP contribution in [0.1, 0.15) is 30.9 Å². The number of methoxy groups -OCH3 is 1. The van der Waals surface area contributed by atoms with E-state index in [9.17, 15) is 9.59 Å². The fourth-order valence-electron chi connectivity index (χ4n) is 4.27. The number of carbonyl (C=O) groups is 2. The molecule has 0 aliphatic carbocycles. The maximum absolute atomic E-state index is 13.2. The third-order valence-electron chi connectivity index (χ3n) is 5.90. The third kappa shape index (κ3) is 4.31. The van der Waals surface area contributed by atoms with Gasteiger partial charge in [-0.3, -0.25) is 9.59 Å². The maximum atomic E-state index is 13.2. The molecule has 2 aromatic carbocycles. The summed E-state index contributed by atoms with van der Waals surface area (Å²) in [5, 5.41) is 3.04. The number of likely N-dealkylation sites (tertiary alicyclic amines) is 1. The highest BCUT2D eigenvalue weighted by molar-refractivity contribution is 5.84. The lowest BCUT2D eigenvalue weighted by Gasteiger charge is -2.20. The van der Waals surface area contributed by atoms with Crippen molar-refractivity contribution in [2.45, 2.75) is 26.3 Å². The van der Waals surface area contributed by atoms with Crippen LogP contribution < -0.4 is 19.5 Å². The highest BCUT2D eigenvalue weighted by Crippen LogP contribution is 2.38. The Morgan fingerprint density at radius 1 is 1.13 bits per heavy atom. The highest BCUT2D eigenvalue weighted by Gasteiger charge is 2.41. The number of benzene rings is 2. The van der Waals surface area contributed by atoms with Crippen molar-refractivity contribution in [3.05, 3.63) is 53.6 Å². The summed E-state index contributed by atoms with van der Waals surface area (Å²) in [6.45, 7) is 5.25. The molecule has 0 bridgehead atoms. The molecule has 31 heavy (non-hydrogen) atoms. The van der Waals surface area contributed by atoms with Gasteiger partial charge in [-0.15, -0.1) is 0 Å². The first-order chi connectivity index (χ1) is 15.0. The summed E-state index contributed by atoms with van der Waals surface area (Å²) >= 11 is 0. The SMILES string of the molecule is COc1ccccc1[C@@H]1CN(C(=O)C(C)C)C[C@H]1C(=O)NCc1ccc2c(c1)OCO2. The minimum atomic E-state index is -0.354. The Hall–Kier alpha value is -3.22. The zero-order chi connectivity index (χ0) is 22.0. The van der Waals surface area contributed by atoms with Crippen molar-refractivity contribution in [2.24, 2.45) is 11.8 Å². The molecule has 0 unspecified atom stereocenters. The molecule has 2 aromatic rings. The van der Waals surface area contributed by atoms with Crippen molar-refractivity contribution in [2.75, 3.05) is 27.0 Å². The molecule has 1 fully saturated rings. The van der Waals surface area contributed by atoms with E-state index >= 15 is 0 Å². The number of hydrogen-bond acceptors (Lipinski definition) is 5. The molecule has 0 aromatic heterocycles. The van der Waals surface area contributed by atoms with Gasteiger partial charge in [0, 0.05) is 31.5 Å². The Labute approximate surface area is 182 Å². The molecule has 4 rings (SSSR count). The second-order valence-electron chi connectivity index (χ2n) is 8.26. The molecular weight excluding hydrogens is 396 g/mol. The zero-order valence-corrected chi connectivity index (χ0v) is 18.1. The largest absolute Gasteiger partial charge is 0.496 e. The number of rotatable bonds is 6. The number of para-hydroxylation sites is 1. The minimum absolute atomic E-state index is 0.0611. The van der Waals surface area contributed by atoms with Gasteiger partial charge in [-0.2, -0.15) is 0 Å². The summed E-state index contributed by atoms with van der Waals surface area (Å²) in [6, 6.07) is 13.3. The van der Waals surface area contributed by atoms with Crippen LogP contribution in [-0.2, 0) is 16.1 Å². The predicted molar refractivity (Wildman–Crippen MR) is 115 cm³/mol. The van der Waals surface area contributed by atoms with E-state index in [4.69, 9.17) is 14.2 Å². The number of hydrogen-bond donors (Lipinski definition) is 1. The van der Waals surface area contributed by atoms with Gasteiger partial charge >= 0.3 is 0 Å². The van der Waals surface area contributed by atoms with Crippen molar-refractivity contribution < 1.29 is 23.8 Å². The second kappa shape index (κ2) is 8.88. The van der Waals surface area contributed by atoms with Gasteiger partial charge in [0.15, 0.2) is 11.5 Å². The molecule has 1 saturated heterocycles. The van der Waals surface area contributed by atoms with Gasteiger partial charge in [0.05, 0.1) is 13.0 Å². The molecule has 7 nitrogen and oxygen atoms in total. The second-order valence-corrected chi connectivity index (χ2v) is 8.26. The van der Waals surface area contributed by atoms with E-state index in [-0.39, 0.29) is 36.4 Å². The van der Waals surface area contributed by atoms with Crippen LogP contribution in [0.2, 0.25) is 0 Å². The van der Waals surface area contributed by atoms with E-state index in [1.54, 1.807) is 12.0 Å². The molecule has 1 N–H and O–H groups in total. The molecule has 2 atom stereocenters. The van der Waals surface area contributed by atoms with E-state index in [1.807, 2.05) is 56.3 Å². The van der Waals surface area contributed by atoms with Crippen molar-refractivity contribution in [3.8, 4) is 17.2 Å². The summed E-state index contributed by atoms with van der Waals surface area (Å²) in [4.78, 5) is 27.7. The standard InChI is InChI=1S/C24H28N2O5/c1-15(2)24(28)26-12-18(17-6-4-5-7-20(17)29-3)19(13-26)23(27)25-11-16-8-9-21-22(10-16)31-14-30-21/h4-10,15,18-19H,11-14H2,1-3H3,(H,25,27)/t18-,19+/m0/s1. The lowest BCUT2D eigenvalue weighted by molar-refractivity contribution is -0.133. The van der Waals surface area contributed by atoms with Crippen molar-refractivity contribution in [3.63, 3.8) is 0 Å². The molecule has 7 heteroatoms. The molecule has 0 spiro atoms. The average molecular weight is 424 g/mol. The molecule has 0 radical (unpaired) electrons. The third-order valence-corrected chi connectivity index (χ3v) is 5.90. The van der Waals surface area contributed by atoms with Gasteiger partial charge in [0.25, 0.3) is 0 Å². The van der Waals surface area contributed by atoms with E-state index in [0.29, 0.717) is 31.1 Å². The Morgan fingerprint density at radius 3 is 2.68 bits per heavy atom. The first-order valence-electron chi connectivity index (χ1n) is 10.6. The van der Waals surface area contributed by atoms with E-state index in [1.165, 1.54) is 0 Å². The van der Waals surface area contributed by atoms with Gasteiger partial charge in [0.1, 0.15) is 5.75 Å². The van der Waals surface area contributed by atoms with Gasteiger partial charge in [-0.25, -0.2) is 0 Å². The summed E-state index contributed by atoms with van der Waals surface area (Å²) in [6.07, 6.45) is 0. The molecular formula is C24H28N2O5. The van der Waals surface area contributed by atoms with E-state index < -0.39 is 0 Å². The van der Waals surface area contributed by atoms with Crippen LogP contribution in [0.25, 0.3) is 0 Å². The van der Waals surface area contributed by atoms with Crippen LogP contribution in [-0.4, -0.2) is 43.7 Å². The number of nitrogens with zero attached hydrogens (tertiary/aromatic N) is 1. The lowest BCUT2D eigenvalue weighted by atomic mass is 9.87. The Morgan fingerprint density at radius 2 is 1.90 bits per heavy atom. The molecule has 164 valence electrons. The molecule has 2 aliphatic heterocycles. The van der Waals surface area contributed by atoms with Crippen molar-refractivity contribution in [1.82, 2.24) is 10.2 Å². The quantitative estimate of drug-likeness (QED) is 0.772. The van der Waals surface area contributed by atoms with E-state index in [2.05, 4.69) is 5.32 Å². The number of nitrogens with one attached hydrogen (secondary N) is 1. The Balaban J connectivity index is 1.52. The van der Waals surface area contributed by atoms with Crippen LogP contribution in [0, 0.1) is 11.8 Å². The Bertz CT molecular complexity index is 974. The zero-order valence-electron chi connectivity index (χ0n) is 18.1. The predicted octanol–water partition coefficient (Wildman–Crippen LogP) is 2.94. The first-order valence-corrected chi connectivity index (χ1v) is 10.6. The summed E-state index contributed by atoms with van der Waals surface area (Å²) in [5.74, 6) is 1.52. The number of amides is 2. The number of fused-ring (bicyclic) bond motifs is 1. The lowest BCUT2D eigenvalue weighted by Crippen LogP contribution is -2.36. The molecule has 0 saturated carbocycles. The van der Waals surface area contributed by atoms with Gasteiger partial charge in [0.2, 0.25) is 18.6 Å². The summed E-state index contributed by atoms with van der Waals surface area (Å²) in [5.41, 5.74) is 1.88. The average Bonchev–Trinajstić information content (AvgIpc) is 3.43. The summed E-state index contributed by atoms with van der Waals surface area (Å²) in [7, 11) is 1.62. The monoisotopic (exact) mass is 424 g/mol. The summed E-state index contributed by atoms with van der Waals surface area (Å²) < 4.78 is 16.3. The highest BCUT2D eigenvalue weighted by atomic mass is 16.7. The van der Waals surface area contributed by atoms with Gasteiger partial charge < -0.3 is 24.4 Å². The van der Waals surface area contributed by atoms with Gasteiger partial charge in [-0.1, -0.05) is 38.1 Å². The topological polar surface area (TPSA) is 77.1 Å². The van der Waals surface area contributed by atoms with Crippen LogP contribution in [0.3, 0.4) is 0 Å². The molecule has 2 heterocycles.